The lowest BCUT2D eigenvalue weighted by atomic mass is 10.2. The molecule has 2 aromatic rings. The van der Waals surface area contributed by atoms with Crippen LogP contribution in [0.5, 0.6) is 0 Å². The van der Waals surface area contributed by atoms with E-state index in [9.17, 15) is 23.3 Å². The molecule has 0 aliphatic heterocycles. The summed E-state index contributed by atoms with van der Waals surface area (Å²) >= 11 is 0. The molecule has 9 nitrogen and oxygen atoms in total. The number of nitro groups is 1. The minimum atomic E-state index is -3.87. The van der Waals surface area contributed by atoms with Crippen LogP contribution in [0.15, 0.2) is 58.5 Å². The van der Waals surface area contributed by atoms with Gasteiger partial charge in [0.1, 0.15) is 0 Å². The fraction of sp³-hybridized carbons (Fsp3) is 0.176. The molecule has 2 N–H and O–H groups in total. The smallest absolute Gasteiger partial charge is 0.271 e. The van der Waals surface area contributed by atoms with Crippen LogP contribution in [-0.2, 0) is 14.8 Å². The Kier molecular flexibility index (Phi) is 6.37. The fourth-order valence-electron chi connectivity index (χ4n) is 2.10. The minimum Gasteiger partial charge on any atom is -0.271 e. The molecule has 2 aromatic carbocycles. The number of nitrogens with zero attached hydrogens (tertiary/aromatic N) is 2. The highest BCUT2D eigenvalue weighted by Gasteiger charge is 2.21. The van der Waals surface area contributed by atoms with E-state index in [0.29, 0.717) is 0 Å². The standard InChI is InChI=1S/C17H18N4O5S/c1-12-7-9-15(10-8-12)27(25,26)20-13(2)17(22)19-18-11-14-5-3-4-6-16(14)21(23)24/h3-11,13,20H,1-2H3,(H,19,22)/b18-11-/t13-/m0/s1. The highest BCUT2D eigenvalue weighted by molar-refractivity contribution is 7.89. The van der Waals surface area contributed by atoms with Crippen LogP contribution in [0.2, 0.25) is 0 Å². The molecule has 0 spiro atoms. The summed E-state index contributed by atoms with van der Waals surface area (Å²) in [7, 11) is -3.87. The average Bonchev–Trinajstić information content (AvgIpc) is 2.61. The van der Waals surface area contributed by atoms with E-state index in [1.54, 1.807) is 18.2 Å². The second-order valence-corrected chi connectivity index (χ2v) is 7.42. The van der Waals surface area contributed by atoms with Crippen LogP contribution in [0, 0.1) is 17.0 Å². The molecule has 0 bridgehead atoms. The number of benzene rings is 2. The van der Waals surface area contributed by atoms with Gasteiger partial charge in [-0.1, -0.05) is 29.8 Å². The van der Waals surface area contributed by atoms with E-state index in [-0.39, 0.29) is 16.1 Å². The van der Waals surface area contributed by atoms with Crippen LogP contribution in [0.4, 0.5) is 5.69 Å². The molecule has 0 aromatic heterocycles. The lowest BCUT2D eigenvalue weighted by Crippen LogP contribution is -2.43. The maximum atomic E-state index is 12.3. The summed E-state index contributed by atoms with van der Waals surface area (Å²) < 4.78 is 26.8. The van der Waals surface area contributed by atoms with Gasteiger partial charge in [-0.3, -0.25) is 14.9 Å². The van der Waals surface area contributed by atoms with E-state index in [4.69, 9.17) is 0 Å². The highest BCUT2D eigenvalue weighted by Crippen LogP contribution is 2.15. The van der Waals surface area contributed by atoms with E-state index < -0.39 is 26.9 Å². The average molecular weight is 390 g/mol. The molecule has 2 rings (SSSR count). The van der Waals surface area contributed by atoms with E-state index in [1.807, 2.05) is 6.92 Å². The van der Waals surface area contributed by atoms with Crippen LogP contribution in [-0.4, -0.2) is 31.5 Å². The zero-order valence-corrected chi connectivity index (χ0v) is 15.4. The van der Waals surface area contributed by atoms with Gasteiger partial charge in [-0.25, -0.2) is 13.8 Å². The van der Waals surface area contributed by atoms with Crippen molar-refractivity contribution in [1.29, 1.82) is 0 Å². The van der Waals surface area contributed by atoms with Crippen molar-refractivity contribution in [3.05, 3.63) is 69.8 Å². The predicted molar refractivity (Wildman–Crippen MR) is 99.8 cm³/mol. The molecule has 0 fully saturated rings. The van der Waals surface area contributed by atoms with Crippen LogP contribution in [0.25, 0.3) is 0 Å². The predicted octanol–water partition coefficient (Wildman–Crippen LogP) is 1.72. The molecule has 0 aliphatic rings. The number of hydrogen-bond acceptors (Lipinski definition) is 6. The monoisotopic (exact) mass is 390 g/mol. The normalized spacial score (nSPS) is 12.7. The van der Waals surface area contributed by atoms with Crippen molar-refractivity contribution >= 4 is 27.8 Å². The summed E-state index contributed by atoms with van der Waals surface area (Å²) in [6, 6.07) is 11.0. The zero-order valence-electron chi connectivity index (χ0n) is 14.6. The summed E-state index contributed by atoms with van der Waals surface area (Å²) in [6.45, 7) is 3.19. The number of para-hydroxylation sites is 1. The van der Waals surface area contributed by atoms with Gasteiger partial charge in [0.05, 0.1) is 27.6 Å². The topological polar surface area (TPSA) is 131 Å². The molecule has 27 heavy (non-hydrogen) atoms. The second kappa shape index (κ2) is 8.52. The van der Waals surface area contributed by atoms with Gasteiger partial charge in [0.2, 0.25) is 10.0 Å². The highest BCUT2D eigenvalue weighted by atomic mass is 32.2. The maximum Gasteiger partial charge on any atom is 0.278 e. The number of carbonyl (C=O) groups excluding carboxylic acids is 1. The Morgan fingerprint density at radius 3 is 2.44 bits per heavy atom. The Morgan fingerprint density at radius 1 is 1.19 bits per heavy atom. The minimum absolute atomic E-state index is 0.0381. The number of hydrogen-bond donors (Lipinski definition) is 2. The van der Waals surface area contributed by atoms with Crippen molar-refractivity contribution in [1.82, 2.24) is 10.1 Å². The second-order valence-electron chi connectivity index (χ2n) is 5.71. The van der Waals surface area contributed by atoms with Gasteiger partial charge in [-0.05, 0) is 32.0 Å². The van der Waals surface area contributed by atoms with Gasteiger partial charge in [-0.15, -0.1) is 0 Å². The lowest BCUT2D eigenvalue weighted by Gasteiger charge is -2.12. The zero-order chi connectivity index (χ0) is 20.0. The molecule has 1 amide bonds. The number of hydrazone groups is 1. The Hall–Kier alpha value is -3.11. The van der Waals surface area contributed by atoms with Gasteiger partial charge in [-0.2, -0.15) is 9.82 Å². The third-order valence-electron chi connectivity index (χ3n) is 3.57. The molecule has 1 atom stereocenters. The third kappa shape index (κ3) is 5.43. The SMILES string of the molecule is Cc1ccc(S(=O)(=O)N[C@@H](C)C(=O)N/N=C\c2ccccc2[N+](=O)[O-])cc1. The Bertz CT molecular complexity index is 971. The molecular weight excluding hydrogens is 372 g/mol. The number of carbonyl (C=O) groups is 1. The van der Waals surface area contributed by atoms with Crippen molar-refractivity contribution in [3.8, 4) is 0 Å². The summed E-state index contributed by atoms with van der Waals surface area (Å²) in [6.07, 6.45) is 1.12. The van der Waals surface area contributed by atoms with E-state index >= 15 is 0 Å². The summed E-state index contributed by atoms with van der Waals surface area (Å²) in [4.78, 5) is 22.4. The van der Waals surface area contributed by atoms with Gasteiger partial charge >= 0.3 is 0 Å². The largest absolute Gasteiger partial charge is 0.278 e. The van der Waals surface area contributed by atoms with Crippen molar-refractivity contribution in [2.24, 2.45) is 5.10 Å². The van der Waals surface area contributed by atoms with Gasteiger partial charge in [0.25, 0.3) is 11.6 Å². The van der Waals surface area contributed by atoms with Crippen LogP contribution in [0.1, 0.15) is 18.1 Å². The number of amides is 1. The van der Waals surface area contributed by atoms with Crippen molar-refractivity contribution in [2.75, 3.05) is 0 Å². The van der Waals surface area contributed by atoms with Crippen molar-refractivity contribution in [2.45, 2.75) is 24.8 Å². The molecule has 0 heterocycles. The van der Waals surface area contributed by atoms with Crippen molar-refractivity contribution < 1.29 is 18.1 Å². The first-order valence-corrected chi connectivity index (χ1v) is 9.34. The maximum absolute atomic E-state index is 12.3. The van der Waals surface area contributed by atoms with Gasteiger partial charge < -0.3 is 0 Å². The number of aryl methyl sites for hydroxylation is 1. The Balaban J connectivity index is 2.02. The fourth-order valence-corrected chi connectivity index (χ4v) is 3.30. The van der Waals surface area contributed by atoms with E-state index in [0.717, 1.165) is 11.8 Å². The van der Waals surface area contributed by atoms with Gasteiger partial charge in [0, 0.05) is 6.07 Å². The van der Waals surface area contributed by atoms with Crippen molar-refractivity contribution in [3.63, 3.8) is 0 Å². The van der Waals surface area contributed by atoms with E-state index in [1.165, 1.54) is 37.3 Å². The number of rotatable bonds is 7. The summed E-state index contributed by atoms with van der Waals surface area (Å²) in [5, 5.41) is 14.6. The number of sulfonamides is 1. The van der Waals surface area contributed by atoms with Crippen LogP contribution in [0.3, 0.4) is 0 Å². The first kappa shape index (κ1) is 20.2. The molecule has 142 valence electrons. The first-order valence-electron chi connectivity index (χ1n) is 7.86. The summed E-state index contributed by atoms with van der Waals surface area (Å²) in [5.41, 5.74) is 3.11. The Morgan fingerprint density at radius 2 is 1.81 bits per heavy atom. The third-order valence-corrected chi connectivity index (χ3v) is 5.12. The molecule has 0 unspecified atom stereocenters. The number of nitro benzene ring substituents is 1. The molecule has 0 aliphatic carbocycles. The van der Waals surface area contributed by atoms with Gasteiger partial charge in [0.15, 0.2) is 0 Å². The van der Waals surface area contributed by atoms with Crippen LogP contribution >= 0.6 is 0 Å². The Labute approximate surface area is 156 Å². The number of nitrogens with one attached hydrogen (secondary N) is 2. The molecule has 10 heteroatoms. The molecular formula is C17H18N4O5S. The molecule has 0 saturated carbocycles. The summed E-state index contributed by atoms with van der Waals surface area (Å²) in [5.74, 6) is -0.708. The van der Waals surface area contributed by atoms with Crippen LogP contribution < -0.4 is 10.1 Å². The molecule has 0 radical (unpaired) electrons. The lowest BCUT2D eigenvalue weighted by molar-refractivity contribution is -0.385. The molecule has 0 saturated heterocycles. The first-order chi connectivity index (χ1) is 12.7. The van der Waals surface area contributed by atoms with E-state index in [2.05, 4.69) is 15.2 Å². The quantitative estimate of drug-likeness (QED) is 0.422.